The van der Waals surface area contributed by atoms with E-state index in [4.69, 9.17) is 29.0 Å². The molecule has 15 heteroatoms. The summed E-state index contributed by atoms with van der Waals surface area (Å²) in [6.45, 7) is 5.05. The number of rotatable bonds is 5. The molecule has 0 radical (unpaired) electrons. The van der Waals surface area contributed by atoms with E-state index in [9.17, 15) is 26.3 Å². The third-order valence-corrected chi connectivity index (χ3v) is 6.67. The van der Waals surface area contributed by atoms with Crippen LogP contribution in [-0.4, -0.2) is 83.2 Å². The predicted molar refractivity (Wildman–Crippen MR) is 123 cm³/mol. The Morgan fingerprint density at radius 2 is 1.71 bits per heavy atom. The number of likely N-dealkylation sites (N-methyl/N-ethyl adjacent to an activating group) is 1. The summed E-state index contributed by atoms with van der Waals surface area (Å²) in [6, 6.07) is 8.84. The first-order valence-electron chi connectivity index (χ1n) is 11.4. The lowest BCUT2D eigenvalue weighted by Gasteiger charge is -2.48. The van der Waals surface area contributed by atoms with Crippen LogP contribution in [0.5, 0.6) is 0 Å². The Morgan fingerprint density at radius 1 is 1.08 bits per heavy atom. The van der Waals surface area contributed by atoms with Gasteiger partial charge in [-0.15, -0.1) is 11.3 Å². The minimum atomic E-state index is -5.08. The molecule has 2 aromatic rings. The van der Waals surface area contributed by atoms with E-state index in [1.165, 1.54) is 17.7 Å². The smallest absolute Gasteiger partial charge is 0.475 e. The molecule has 0 aliphatic carbocycles. The van der Waals surface area contributed by atoms with E-state index in [0.29, 0.717) is 18.1 Å². The number of carboxylic acids is 2. The maximum Gasteiger partial charge on any atom is 0.490 e. The molecule has 8 nitrogen and oxygen atoms in total. The van der Waals surface area contributed by atoms with Crippen molar-refractivity contribution in [1.82, 2.24) is 9.80 Å². The molecule has 2 aliphatic rings. The van der Waals surface area contributed by atoms with Crippen molar-refractivity contribution in [3.8, 4) is 0 Å². The molecule has 2 saturated heterocycles. The molecule has 0 unspecified atom stereocenters. The third-order valence-electron chi connectivity index (χ3n) is 5.81. The highest BCUT2D eigenvalue weighted by Crippen LogP contribution is 2.32. The van der Waals surface area contributed by atoms with Gasteiger partial charge in [-0.3, -0.25) is 9.80 Å². The average Bonchev–Trinajstić information content (AvgIpc) is 3.52. The van der Waals surface area contributed by atoms with Crippen molar-refractivity contribution < 1.29 is 55.3 Å². The Balaban J connectivity index is 0.000000301. The maximum atomic E-state index is 10.6. The molecule has 0 aromatic carbocycles. The summed E-state index contributed by atoms with van der Waals surface area (Å²) >= 11 is 1.86. The number of thiophene rings is 1. The van der Waals surface area contributed by atoms with Crippen LogP contribution in [0, 0.1) is 5.92 Å². The molecule has 4 rings (SSSR count). The van der Waals surface area contributed by atoms with E-state index < -0.39 is 24.3 Å². The number of furan rings is 1. The van der Waals surface area contributed by atoms with Gasteiger partial charge in [0.1, 0.15) is 5.76 Å². The van der Waals surface area contributed by atoms with Crippen LogP contribution in [0.2, 0.25) is 0 Å². The largest absolute Gasteiger partial charge is 0.490 e. The number of carbonyl (C=O) groups is 2. The van der Waals surface area contributed by atoms with Crippen molar-refractivity contribution in [2.45, 2.75) is 50.4 Å². The van der Waals surface area contributed by atoms with Crippen LogP contribution >= 0.6 is 11.3 Å². The summed E-state index contributed by atoms with van der Waals surface area (Å²) in [5, 5.41) is 16.4. The number of nitrogens with zero attached hydrogens (tertiary/aromatic N) is 2. The molecule has 0 amide bonds. The second-order valence-electron chi connectivity index (χ2n) is 8.68. The Labute approximate surface area is 218 Å². The number of hydrogen-bond acceptors (Lipinski definition) is 7. The van der Waals surface area contributed by atoms with Gasteiger partial charge in [-0.25, -0.2) is 9.59 Å². The van der Waals surface area contributed by atoms with Gasteiger partial charge < -0.3 is 19.4 Å². The van der Waals surface area contributed by atoms with Crippen LogP contribution in [0.25, 0.3) is 0 Å². The highest BCUT2D eigenvalue weighted by atomic mass is 32.1. The quantitative estimate of drug-likeness (QED) is 0.495. The monoisotopic (exact) mass is 574 g/mol. The van der Waals surface area contributed by atoms with E-state index in [-0.39, 0.29) is 0 Å². The van der Waals surface area contributed by atoms with Gasteiger partial charge in [0.15, 0.2) is 0 Å². The average molecular weight is 575 g/mol. The first-order chi connectivity index (χ1) is 17.7. The maximum absolute atomic E-state index is 10.6. The lowest BCUT2D eigenvalue weighted by molar-refractivity contribution is -0.193. The molecular weight excluding hydrogens is 546 g/mol. The number of likely N-dealkylation sites (tertiary alicyclic amines) is 1. The topological polar surface area (TPSA) is 103 Å². The summed E-state index contributed by atoms with van der Waals surface area (Å²) in [6.07, 6.45) is -5.56. The lowest BCUT2D eigenvalue weighted by Crippen LogP contribution is -2.59. The summed E-state index contributed by atoms with van der Waals surface area (Å²) < 4.78 is 75.2. The second-order valence-corrected chi connectivity index (χ2v) is 9.71. The molecule has 2 aromatic heterocycles. The van der Waals surface area contributed by atoms with Crippen LogP contribution in [-0.2, 0) is 27.4 Å². The Morgan fingerprint density at radius 3 is 2.21 bits per heavy atom. The summed E-state index contributed by atoms with van der Waals surface area (Å²) in [5.74, 6) is -3.84. The SMILES string of the molecule is CN(Cc1ccco1)[C@@H]1CN(Cc2cccs2)C[C@@H]2CCCO[C@@H]21.O=C(O)C(F)(F)F.O=C(O)C(F)(F)F. The van der Waals surface area contributed by atoms with Gasteiger partial charge in [0.2, 0.25) is 0 Å². The van der Waals surface area contributed by atoms with E-state index in [2.05, 4.69) is 40.4 Å². The van der Waals surface area contributed by atoms with Crippen molar-refractivity contribution in [2.24, 2.45) is 5.92 Å². The Bertz CT molecular complexity index is 925. The van der Waals surface area contributed by atoms with Gasteiger partial charge in [-0.2, -0.15) is 26.3 Å². The minimum absolute atomic E-state index is 0.360. The number of aliphatic carboxylic acids is 2. The van der Waals surface area contributed by atoms with Crippen molar-refractivity contribution >= 4 is 23.3 Å². The van der Waals surface area contributed by atoms with Gasteiger partial charge >= 0.3 is 24.3 Å². The summed E-state index contributed by atoms with van der Waals surface area (Å²) in [7, 11) is 2.21. The van der Waals surface area contributed by atoms with Crippen molar-refractivity contribution in [3.63, 3.8) is 0 Å². The van der Waals surface area contributed by atoms with Crippen LogP contribution in [0.4, 0.5) is 26.3 Å². The predicted octanol–water partition coefficient (Wildman–Crippen LogP) is 4.72. The zero-order valence-electron chi connectivity index (χ0n) is 20.2. The first kappa shape index (κ1) is 31.6. The molecule has 2 fully saturated rings. The number of piperidine rings is 1. The highest BCUT2D eigenvalue weighted by molar-refractivity contribution is 7.09. The fraction of sp³-hybridized carbons (Fsp3) is 0.565. The molecule has 4 heterocycles. The zero-order chi connectivity index (χ0) is 28.5. The molecule has 2 aliphatic heterocycles. The molecule has 0 spiro atoms. The van der Waals surface area contributed by atoms with Crippen LogP contribution in [0.1, 0.15) is 23.5 Å². The van der Waals surface area contributed by atoms with Gasteiger partial charge in [0.05, 0.1) is 18.9 Å². The first-order valence-corrected chi connectivity index (χ1v) is 12.3. The Hall–Kier alpha value is -2.62. The number of ether oxygens (including phenoxy) is 1. The minimum Gasteiger partial charge on any atom is -0.475 e. The number of fused-ring (bicyclic) bond motifs is 1. The van der Waals surface area contributed by atoms with E-state index in [0.717, 1.165) is 38.5 Å². The number of carboxylic acid groups (broad SMARTS) is 2. The fourth-order valence-corrected chi connectivity index (χ4v) is 4.91. The molecule has 0 saturated carbocycles. The fourth-order valence-electron chi connectivity index (χ4n) is 4.17. The Kier molecular flexibility index (Phi) is 11.6. The van der Waals surface area contributed by atoms with E-state index in [1.54, 1.807) is 6.26 Å². The van der Waals surface area contributed by atoms with Crippen molar-refractivity contribution in [3.05, 3.63) is 46.5 Å². The normalized spacial score (nSPS) is 21.9. The third kappa shape index (κ3) is 10.3. The van der Waals surface area contributed by atoms with Crippen LogP contribution in [0.3, 0.4) is 0 Å². The van der Waals surface area contributed by atoms with Gasteiger partial charge in [-0.1, -0.05) is 6.07 Å². The number of alkyl halides is 6. The number of hydrogen-bond donors (Lipinski definition) is 2. The summed E-state index contributed by atoms with van der Waals surface area (Å²) in [4.78, 5) is 24.3. The van der Waals surface area contributed by atoms with E-state index >= 15 is 0 Å². The van der Waals surface area contributed by atoms with Gasteiger partial charge in [-0.05, 0) is 49.4 Å². The molecule has 214 valence electrons. The standard InChI is InChI=1S/C19H26N2O2S.2C2HF3O2/c1-20(12-16-6-3-8-22-16)18-14-21(13-17-7-4-10-24-17)11-15-5-2-9-23-19(15)18;2*3-2(4,5)1(6)7/h3-4,6-8,10,15,18-19H,2,5,9,11-14H2,1H3;2*(H,6,7)/t15-,18+,19-;;/m0../s1. The van der Waals surface area contributed by atoms with Gasteiger partial charge in [0.25, 0.3) is 0 Å². The molecule has 3 atom stereocenters. The van der Waals surface area contributed by atoms with Crippen LogP contribution in [0.15, 0.2) is 40.3 Å². The molecule has 2 N–H and O–H groups in total. The highest BCUT2D eigenvalue weighted by Gasteiger charge is 2.41. The molecule has 0 bridgehead atoms. The lowest BCUT2D eigenvalue weighted by atomic mass is 9.84. The second kappa shape index (κ2) is 14.0. The van der Waals surface area contributed by atoms with Crippen molar-refractivity contribution in [1.29, 1.82) is 0 Å². The van der Waals surface area contributed by atoms with Crippen LogP contribution < -0.4 is 0 Å². The molecular formula is C23H28F6N2O6S. The van der Waals surface area contributed by atoms with E-state index in [1.807, 2.05) is 17.4 Å². The summed E-state index contributed by atoms with van der Waals surface area (Å²) in [5.41, 5.74) is 0. The number of halogens is 6. The van der Waals surface area contributed by atoms with Gasteiger partial charge in [0, 0.05) is 37.2 Å². The zero-order valence-corrected chi connectivity index (χ0v) is 21.1. The van der Waals surface area contributed by atoms with Crippen molar-refractivity contribution in [2.75, 3.05) is 26.7 Å². The molecule has 38 heavy (non-hydrogen) atoms.